The third-order valence-corrected chi connectivity index (χ3v) is 8.64. The van der Waals surface area contributed by atoms with Crippen molar-refractivity contribution in [2.24, 2.45) is 0 Å². The molecule has 156 valence electrons. The van der Waals surface area contributed by atoms with E-state index in [4.69, 9.17) is 0 Å². The number of benzene rings is 6. The Morgan fingerprint density at radius 2 is 0.909 bits per heavy atom. The van der Waals surface area contributed by atoms with Gasteiger partial charge in [-0.25, -0.2) is 0 Å². The lowest BCUT2D eigenvalue weighted by atomic mass is 9.93. The summed E-state index contributed by atoms with van der Waals surface area (Å²) in [4.78, 5) is 0. The van der Waals surface area contributed by atoms with Crippen LogP contribution in [0.1, 0.15) is 0 Å². The molecule has 0 N–H and O–H groups in total. The molecule has 0 aliphatic carbocycles. The third-order valence-electron chi connectivity index (χ3n) is 6.21. The summed E-state index contributed by atoms with van der Waals surface area (Å²) in [6.07, 6.45) is 0. The fourth-order valence-corrected chi connectivity index (χ4v) is 7.05. The molecule has 0 saturated heterocycles. The first-order valence-corrected chi connectivity index (χ1v) is 12.6. The minimum absolute atomic E-state index is 0.630. The van der Waals surface area contributed by atoms with Gasteiger partial charge in [0.2, 0.25) is 0 Å². The average molecular weight is 439 g/mol. The first kappa shape index (κ1) is 19.9. The molecule has 0 atom stereocenters. The van der Waals surface area contributed by atoms with Gasteiger partial charge in [0.25, 0.3) is 0 Å². The maximum Gasteiger partial charge on any atom is -0.00988 e. The zero-order chi connectivity index (χ0) is 22.0. The van der Waals surface area contributed by atoms with E-state index < -0.39 is 7.92 Å². The highest BCUT2D eigenvalue weighted by atomic mass is 31.1. The predicted octanol–water partition coefficient (Wildman–Crippen LogP) is 7.42. The molecule has 6 aromatic rings. The van der Waals surface area contributed by atoms with E-state index in [1.165, 1.54) is 48.6 Å². The van der Waals surface area contributed by atoms with Gasteiger partial charge in [-0.15, -0.1) is 0 Å². The number of hydrogen-bond donors (Lipinski definition) is 0. The van der Waals surface area contributed by atoms with Crippen molar-refractivity contribution in [1.82, 2.24) is 0 Å². The number of fused-ring (bicyclic) bond motifs is 3. The van der Waals surface area contributed by atoms with Crippen molar-refractivity contribution < 1.29 is 0 Å². The van der Waals surface area contributed by atoms with E-state index in [1.54, 1.807) is 0 Å². The van der Waals surface area contributed by atoms with E-state index in [0.29, 0.717) is 0 Å². The minimum Gasteiger partial charge on any atom is -0.0622 e. The van der Waals surface area contributed by atoms with E-state index in [-0.39, 0.29) is 0 Å². The van der Waals surface area contributed by atoms with E-state index in [9.17, 15) is 0 Å². The molecule has 0 aromatic heterocycles. The van der Waals surface area contributed by atoms with Gasteiger partial charge < -0.3 is 0 Å². The summed E-state index contributed by atoms with van der Waals surface area (Å²) in [5, 5.41) is 9.32. The third kappa shape index (κ3) is 3.74. The maximum absolute atomic E-state index is 2.41. The highest BCUT2D eigenvalue weighted by Gasteiger charge is 2.17. The Hall–Kier alpha value is -3.73. The highest BCUT2D eigenvalue weighted by molar-refractivity contribution is 7.79. The van der Waals surface area contributed by atoms with Gasteiger partial charge in [0.05, 0.1) is 0 Å². The molecule has 0 bridgehead atoms. The van der Waals surface area contributed by atoms with E-state index in [2.05, 4.69) is 140 Å². The molecule has 6 aromatic carbocycles. The lowest BCUT2D eigenvalue weighted by Crippen LogP contribution is -2.20. The van der Waals surface area contributed by atoms with Gasteiger partial charge in [0.15, 0.2) is 0 Å². The molecule has 0 unspecified atom stereocenters. The number of hydrogen-bond acceptors (Lipinski definition) is 0. The van der Waals surface area contributed by atoms with Crippen LogP contribution in [0.2, 0.25) is 0 Å². The summed E-state index contributed by atoms with van der Waals surface area (Å²) in [5.41, 5.74) is 2.57. The molecule has 33 heavy (non-hydrogen) atoms. The fourth-order valence-electron chi connectivity index (χ4n) is 4.71. The van der Waals surface area contributed by atoms with Gasteiger partial charge in [-0.1, -0.05) is 127 Å². The van der Waals surface area contributed by atoms with Gasteiger partial charge in [-0.2, -0.15) is 0 Å². The molecule has 0 aliphatic rings. The quantitative estimate of drug-likeness (QED) is 0.198. The van der Waals surface area contributed by atoms with Crippen LogP contribution < -0.4 is 15.9 Å². The summed E-state index contributed by atoms with van der Waals surface area (Å²) in [6, 6.07) is 50.8. The van der Waals surface area contributed by atoms with Gasteiger partial charge in [0, 0.05) is 0 Å². The second-order valence-electron chi connectivity index (χ2n) is 8.25. The van der Waals surface area contributed by atoms with Crippen LogP contribution in [0.4, 0.5) is 0 Å². The highest BCUT2D eigenvalue weighted by Crippen LogP contribution is 2.37. The smallest absolute Gasteiger partial charge is 0.00988 e. The van der Waals surface area contributed by atoms with Crippen molar-refractivity contribution in [2.45, 2.75) is 0 Å². The molecule has 0 fully saturated rings. The molecule has 0 heterocycles. The van der Waals surface area contributed by atoms with Crippen LogP contribution in [-0.4, -0.2) is 0 Å². The summed E-state index contributed by atoms with van der Waals surface area (Å²) in [7, 11) is -0.630. The van der Waals surface area contributed by atoms with Crippen LogP contribution in [0.5, 0.6) is 0 Å². The summed E-state index contributed by atoms with van der Waals surface area (Å²) < 4.78 is 0. The molecule has 0 spiro atoms. The van der Waals surface area contributed by atoms with Crippen LogP contribution in [0.3, 0.4) is 0 Å². The Morgan fingerprint density at radius 3 is 1.61 bits per heavy atom. The summed E-state index contributed by atoms with van der Waals surface area (Å²) in [6.45, 7) is 0. The molecule has 0 nitrogen and oxygen atoms in total. The van der Waals surface area contributed by atoms with Crippen molar-refractivity contribution in [3.63, 3.8) is 0 Å². The number of rotatable bonds is 4. The molecule has 0 saturated carbocycles. The zero-order valence-electron chi connectivity index (χ0n) is 18.2. The molecule has 1 heteroatoms. The van der Waals surface area contributed by atoms with E-state index >= 15 is 0 Å². The fraction of sp³-hybridized carbons (Fsp3) is 0. The van der Waals surface area contributed by atoms with Crippen molar-refractivity contribution >= 4 is 45.4 Å². The van der Waals surface area contributed by atoms with Crippen LogP contribution >= 0.6 is 7.92 Å². The topological polar surface area (TPSA) is 0 Å². The SMILES string of the molecule is c1ccc(P(c2ccccc2)c2cccc(-c3cc4ccccc4c4ccccc34)c2)cc1. The second kappa shape index (κ2) is 8.66. The van der Waals surface area contributed by atoms with Crippen molar-refractivity contribution in [1.29, 1.82) is 0 Å². The zero-order valence-corrected chi connectivity index (χ0v) is 19.1. The maximum atomic E-state index is 2.41. The predicted molar refractivity (Wildman–Crippen MR) is 146 cm³/mol. The Balaban J connectivity index is 1.57. The van der Waals surface area contributed by atoms with Crippen LogP contribution in [-0.2, 0) is 0 Å². The van der Waals surface area contributed by atoms with Crippen molar-refractivity contribution in [2.75, 3.05) is 0 Å². The summed E-state index contributed by atoms with van der Waals surface area (Å²) >= 11 is 0. The van der Waals surface area contributed by atoms with Gasteiger partial charge in [-0.3, -0.25) is 0 Å². The van der Waals surface area contributed by atoms with E-state index in [0.717, 1.165) is 0 Å². The lowest BCUT2D eigenvalue weighted by Gasteiger charge is -2.20. The van der Waals surface area contributed by atoms with Gasteiger partial charge >= 0.3 is 0 Å². The standard InChI is InChI=1S/C32H23P/c1-3-14-26(15-4-1)33(27-16-5-2-6-17-27)28-18-11-13-24(22-28)32-23-25-12-7-8-19-29(25)30-20-9-10-21-31(30)32/h1-23H. The largest absolute Gasteiger partial charge is 0.0622 e. The Morgan fingerprint density at radius 1 is 0.364 bits per heavy atom. The molecule has 0 aliphatic heterocycles. The Labute approximate surface area is 195 Å². The average Bonchev–Trinajstić information content (AvgIpc) is 2.90. The van der Waals surface area contributed by atoms with Crippen molar-refractivity contribution in [3.8, 4) is 11.1 Å². The van der Waals surface area contributed by atoms with Crippen molar-refractivity contribution in [3.05, 3.63) is 140 Å². The second-order valence-corrected chi connectivity index (χ2v) is 10.5. The molecule has 0 radical (unpaired) electrons. The van der Waals surface area contributed by atoms with Crippen LogP contribution in [0.15, 0.2) is 140 Å². The van der Waals surface area contributed by atoms with Crippen LogP contribution in [0.25, 0.3) is 32.7 Å². The van der Waals surface area contributed by atoms with Crippen LogP contribution in [0, 0.1) is 0 Å². The van der Waals surface area contributed by atoms with Gasteiger partial charge in [-0.05, 0) is 68.6 Å². The first-order valence-electron chi connectivity index (χ1n) is 11.3. The first-order chi connectivity index (χ1) is 16.4. The summed E-state index contributed by atoms with van der Waals surface area (Å²) in [5.74, 6) is 0. The monoisotopic (exact) mass is 438 g/mol. The lowest BCUT2D eigenvalue weighted by molar-refractivity contribution is 1.69. The minimum atomic E-state index is -0.630. The Bertz CT molecular complexity index is 1510. The molecular weight excluding hydrogens is 415 g/mol. The molecular formula is C32H23P. The van der Waals surface area contributed by atoms with Gasteiger partial charge in [0.1, 0.15) is 0 Å². The van der Waals surface area contributed by atoms with E-state index in [1.807, 2.05) is 0 Å². The molecule has 6 rings (SSSR count). The normalized spacial score (nSPS) is 11.3. The Kier molecular flexibility index (Phi) is 5.23. The molecule has 0 amide bonds.